The van der Waals surface area contributed by atoms with Gasteiger partial charge in [0.2, 0.25) is 11.9 Å². The van der Waals surface area contributed by atoms with Crippen LogP contribution in [-0.2, 0) is 22.6 Å². The summed E-state index contributed by atoms with van der Waals surface area (Å²) in [5, 5.41) is 4.88. The van der Waals surface area contributed by atoms with Gasteiger partial charge in [-0.05, 0) is 55.7 Å². The van der Waals surface area contributed by atoms with E-state index in [0.717, 1.165) is 26.5 Å². The third kappa shape index (κ3) is 5.79. The number of fused-ring (bicyclic) bond motifs is 1. The van der Waals surface area contributed by atoms with E-state index in [9.17, 15) is 14.4 Å². The highest BCUT2D eigenvalue weighted by molar-refractivity contribution is 7.18. The standard InChI is InChI=1S/C28H28ClN5O3S/c1-17-31-24-8-7-23(14-26(24)38-17)32-28-30-15-21(13-25(36)20-9-11-33(12-10-20)18(2)35)27(37)34(28)16-19-3-5-22(29)6-4-19/h3-8,14-15,20H,9-13,16H2,1-2H3,(H,30,32). The fourth-order valence-electron chi connectivity index (χ4n) is 4.77. The van der Waals surface area contributed by atoms with E-state index in [4.69, 9.17) is 11.6 Å². The van der Waals surface area contributed by atoms with Crippen LogP contribution in [0, 0.1) is 12.8 Å². The number of carbonyl (C=O) groups excluding carboxylic acids is 2. The first-order valence-corrected chi connectivity index (χ1v) is 13.7. The molecule has 2 aromatic heterocycles. The molecule has 1 aliphatic rings. The van der Waals surface area contributed by atoms with Crippen molar-refractivity contribution in [3.8, 4) is 0 Å². The first-order chi connectivity index (χ1) is 18.3. The van der Waals surface area contributed by atoms with E-state index in [1.807, 2.05) is 37.3 Å². The molecule has 1 aliphatic heterocycles. The number of nitrogens with zero attached hydrogens (tertiary/aromatic N) is 4. The maximum Gasteiger partial charge on any atom is 0.258 e. The molecule has 1 N–H and O–H groups in total. The highest BCUT2D eigenvalue weighted by Crippen LogP contribution is 2.26. The van der Waals surface area contributed by atoms with E-state index in [1.165, 1.54) is 6.20 Å². The topological polar surface area (TPSA) is 97.2 Å². The molecular weight excluding hydrogens is 522 g/mol. The van der Waals surface area contributed by atoms with Crippen molar-refractivity contribution in [2.24, 2.45) is 5.92 Å². The van der Waals surface area contributed by atoms with E-state index in [1.54, 1.807) is 39.9 Å². The zero-order chi connectivity index (χ0) is 26.8. The van der Waals surface area contributed by atoms with Gasteiger partial charge in [-0.2, -0.15) is 0 Å². The zero-order valence-corrected chi connectivity index (χ0v) is 22.8. The van der Waals surface area contributed by atoms with Crippen LogP contribution in [0.25, 0.3) is 10.2 Å². The van der Waals surface area contributed by atoms with Crippen molar-refractivity contribution < 1.29 is 9.59 Å². The highest BCUT2D eigenvalue weighted by Gasteiger charge is 2.27. The van der Waals surface area contributed by atoms with Crippen molar-refractivity contribution in [1.82, 2.24) is 19.4 Å². The number of aromatic nitrogens is 3. The lowest BCUT2D eigenvalue weighted by molar-refractivity contribution is -0.133. The minimum atomic E-state index is -0.262. The van der Waals surface area contributed by atoms with Crippen LogP contribution in [-0.4, -0.2) is 44.2 Å². The Morgan fingerprint density at radius 1 is 1.13 bits per heavy atom. The zero-order valence-electron chi connectivity index (χ0n) is 21.2. The number of anilines is 2. The number of ketones is 1. The Bertz CT molecular complexity index is 1560. The average Bonchev–Trinajstić information content (AvgIpc) is 3.28. The average molecular weight is 550 g/mol. The van der Waals surface area contributed by atoms with Crippen LogP contribution in [0.1, 0.15) is 35.9 Å². The molecule has 196 valence electrons. The minimum Gasteiger partial charge on any atom is -0.343 e. The lowest BCUT2D eigenvalue weighted by Crippen LogP contribution is -2.39. The van der Waals surface area contributed by atoms with E-state index in [0.29, 0.717) is 42.5 Å². The van der Waals surface area contributed by atoms with Gasteiger partial charge in [-0.25, -0.2) is 9.97 Å². The van der Waals surface area contributed by atoms with Crippen LogP contribution in [0.15, 0.2) is 53.5 Å². The number of Topliss-reactive ketones (excluding diaryl/α,β-unsaturated/α-hetero) is 1. The van der Waals surface area contributed by atoms with Gasteiger partial charge in [0.1, 0.15) is 5.78 Å². The molecule has 38 heavy (non-hydrogen) atoms. The van der Waals surface area contributed by atoms with Crippen LogP contribution in [0.2, 0.25) is 5.02 Å². The minimum absolute atomic E-state index is 0.0110. The number of nitrogens with one attached hydrogen (secondary N) is 1. The molecule has 1 amide bonds. The Morgan fingerprint density at radius 2 is 1.87 bits per heavy atom. The Morgan fingerprint density at radius 3 is 2.58 bits per heavy atom. The number of aryl methyl sites for hydroxylation is 1. The van der Waals surface area contributed by atoms with Crippen molar-refractivity contribution in [2.75, 3.05) is 18.4 Å². The molecule has 0 saturated carbocycles. The number of rotatable bonds is 7. The molecule has 0 radical (unpaired) electrons. The SMILES string of the molecule is CC(=O)N1CCC(C(=O)Cc2cnc(Nc3ccc4nc(C)sc4c3)n(Cc3ccc(Cl)cc3)c2=O)CC1. The Hall–Kier alpha value is -3.56. The predicted molar refractivity (Wildman–Crippen MR) is 150 cm³/mol. The second kappa shape index (κ2) is 11.0. The summed E-state index contributed by atoms with van der Waals surface area (Å²) >= 11 is 7.66. The molecule has 2 aromatic carbocycles. The lowest BCUT2D eigenvalue weighted by Gasteiger charge is -2.30. The van der Waals surface area contributed by atoms with Crippen LogP contribution >= 0.6 is 22.9 Å². The van der Waals surface area contributed by atoms with Crippen LogP contribution in [0.4, 0.5) is 11.6 Å². The largest absolute Gasteiger partial charge is 0.343 e. The molecule has 4 aromatic rings. The van der Waals surface area contributed by atoms with Crippen molar-refractivity contribution in [2.45, 2.75) is 39.7 Å². The third-order valence-electron chi connectivity index (χ3n) is 6.88. The summed E-state index contributed by atoms with van der Waals surface area (Å²) in [7, 11) is 0. The molecule has 8 nitrogen and oxygen atoms in total. The van der Waals surface area contributed by atoms with Gasteiger partial charge < -0.3 is 10.2 Å². The number of hydrogen-bond donors (Lipinski definition) is 1. The number of halogens is 1. The van der Waals surface area contributed by atoms with E-state index >= 15 is 0 Å². The van der Waals surface area contributed by atoms with E-state index in [2.05, 4.69) is 15.3 Å². The fourth-order valence-corrected chi connectivity index (χ4v) is 5.76. The van der Waals surface area contributed by atoms with Crippen molar-refractivity contribution in [3.05, 3.63) is 80.2 Å². The summed E-state index contributed by atoms with van der Waals surface area (Å²) in [6.45, 7) is 4.92. The number of carbonyl (C=O) groups is 2. The Labute approximate surface area is 229 Å². The predicted octanol–water partition coefficient (Wildman–Crippen LogP) is 4.98. The Kier molecular flexibility index (Phi) is 7.58. The molecule has 0 atom stereocenters. The van der Waals surface area contributed by atoms with Crippen molar-refractivity contribution >= 4 is 56.5 Å². The van der Waals surface area contributed by atoms with Gasteiger partial charge in [-0.1, -0.05) is 23.7 Å². The molecule has 0 aliphatic carbocycles. The molecular formula is C28H28ClN5O3S. The highest BCUT2D eigenvalue weighted by atomic mass is 35.5. The molecule has 1 saturated heterocycles. The summed E-state index contributed by atoms with van der Waals surface area (Å²) in [6.07, 6.45) is 2.75. The molecule has 0 spiro atoms. The van der Waals surface area contributed by atoms with Crippen molar-refractivity contribution in [3.63, 3.8) is 0 Å². The smallest absolute Gasteiger partial charge is 0.258 e. The van der Waals surface area contributed by atoms with Crippen LogP contribution in [0.3, 0.4) is 0 Å². The molecule has 0 bridgehead atoms. The Balaban J connectivity index is 1.42. The van der Waals surface area contributed by atoms with Gasteiger partial charge >= 0.3 is 0 Å². The molecule has 10 heteroatoms. The van der Waals surface area contributed by atoms with Gasteiger partial charge in [0, 0.05) is 54.8 Å². The van der Waals surface area contributed by atoms with Gasteiger partial charge in [-0.15, -0.1) is 11.3 Å². The van der Waals surface area contributed by atoms with E-state index < -0.39 is 0 Å². The van der Waals surface area contributed by atoms with Crippen molar-refractivity contribution in [1.29, 1.82) is 0 Å². The fraction of sp³-hybridized carbons (Fsp3) is 0.321. The first kappa shape index (κ1) is 26.1. The normalized spacial score (nSPS) is 14.1. The van der Waals surface area contributed by atoms with Crippen LogP contribution < -0.4 is 10.9 Å². The molecule has 5 rings (SSSR count). The second-order valence-corrected chi connectivity index (χ2v) is 11.3. The number of hydrogen-bond acceptors (Lipinski definition) is 7. The lowest BCUT2D eigenvalue weighted by atomic mass is 9.89. The van der Waals surface area contributed by atoms with Gasteiger partial charge in [0.25, 0.3) is 5.56 Å². The maximum absolute atomic E-state index is 13.7. The number of benzene rings is 2. The summed E-state index contributed by atoms with van der Waals surface area (Å²) in [6, 6.07) is 13.1. The summed E-state index contributed by atoms with van der Waals surface area (Å²) in [4.78, 5) is 49.2. The molecule has 1 fully saturated rings. The van der Waals surface area contributed by atoms with Gasteiger partial charge in [-0.3, -0.25) is 19.0 Å². The molecule has 3 heterocycles. The molecule has 0 unspecified atom stereocenters. The first-order valence-electron chi connectivity index (χ1n) is 12.5. The monoisotopic (exact) mass is 549 g/mol. The van der Waals surface area contributed by atoms with Gasteiger partial charge in [0.05, 0.1) is 21.8 Å². The number of piperidine rings is 1. The second-order valence-electron chi connectivity index (χ2n) is 9.59. The summed E-state index contributed by atoms with van der Waals surface area (Å²) in [5.41, 5.74) is 2.69. The quantitative estimate of drug-likeness (QED) is 0.349. The summed E-state index contributed by atoms with van der Waals surface area (Å²) in [5.74, 6) is 0.258. The third-order valence-corrected chi connectivity index (χ3v) is 8.07. The number of amides is 1. The number of likely N-dealkylation sites (tertiary alicyclic amines) is 1. The van der Waals surface area contributed by atoms with Gasteiger partial charge in [0.15, 0.2) is 0 Å². The van der Waals surface area contributed by atoms with E-state index in [-0.39, 0.29) is 36.1 Å². The summed E-state index contributed by atoms with van der Waals surface area (Å²) < 4.78 is 2.60. The van der Waals surface area contributed by atoms with Crippen LogP contribution in [0.5, 0.6) is 0 Å². The number of thiazole rings is 1. The maximum atomic E-state index is 13.7.